The summed E-state index contributed by atoms with van der Waals surface area (Å²) in [6, 6.07) is 6.83. The summed E-state index contributed by atoms with van der Waals surface area (Å²) in [6.07, 6.45) is 3.25. The molecule has 1 N–H and O–H groups in total. The number of rotatable bonds is 1. The van der Waals surface area contributed by atoms with Crippen molar-refractivity contribution in [2.45, 2.75) is 6.92 Å². The Morgan fingerprint density at radius 2 is 2.07 bits per heavy atom. The fourth-order valence-electron chi connectivity index (χ4n) is 1.39. The molecule has 1 aromatic rings. The molecule has 15 heavy (non-hydrogen) atoms. The normalized spacial score (nSPS) is 17.8. The predicted octanol–water partition coefficient (Wildman–Crippen LogP) is 2.24. The number of aromatic hydroxyl groups is 1. The van der Waals surface area contributed by atoms with Gasteiger partial charge in [0.1, 0.15) is 11.5 Å². The van der Waals surface area contributed by atoms with Crippen LogP contribution in [0.15, 0.2) is 41.7 Å². The number of phenolic OH excluding ortho intramolecular Hbond substituents is 1. The van der Waals surface area contributed by atoms with Crippen molar-refractivity contribution in [3.05, 3.63) is 47.2 Å². The molecule has 0 saturated heterocycles. The van der Waals surface area contributed by atoms with E-state index < -0.39 is 0 Å². The molecule has 0 fully saturated rings. The van der Waals surface area contributed by atoms with Crippen LogP contribution in [0.25, 0.3) is 6.08 Å². The highest BCUT2D eigenvalue weighted by atomic mass is 16.5. The van der Waals surface area contributed by atoms with E-state index in [2.05, 4.69) is 0 Å². The maximum atomic E-state index is 11.3. The highest BCUT2D eigenvalue weighted by molar-refractivity contribution is 5.99. The molecule has 0 amide bonds. The minimum absolute atomic E-state index is 0.149. The van der Waals surface area contributed by atoms with Gasteiger partial charge in [0.05, 0.1) is 5.57 Å². The van der Waals surface area contributed by atoms with Gasteiger partial charge in [0.2, 0.25) is 0 Å². The number of carbonyl (C=O) groups excluding carboxylic acids is 1. The van der Waals surface area contributed by atoms with Gasteiger partial charge in [-0.25, -0.2) is 4.79 Å². The molecule has 1 aliphatic rings. The van der Waals surface area contributed by atoms with Crippen LogP contribution in [0.3, 0.4) is 0 Å². The Hall–Kier alpha value is -2.03. The Morgan fingerprint density at radius 1 is 1.33 bits per heavy atom. The van der Waals surface area contributed by atoms with Crippen LogP contribution in [0, 0.1) is 0 Å². The summed E-state index contributed by atoms with van der Waals surface area (Å²) < 4.78 is 4.86. The molecule has 3 heteroatoms. The van der Waals surface area contributed by atoms with E-state index >= 15 is 0 Å². The van der Waals surface area contributed by atoms with Gasteiger partial charge in [0.25, 0.3) is 0 Å². The van der Waals surface area contributed by atoms with Crippen molar-refractivity contribution in [1.29, 1.82) is 0 Å². The fraction of sp³-hybridized carbons (Fsp3) is 0.0833. The lowest BCUT2D eigenvalue weighted by molar-refractivity contribution is -0.133. The van der Waals surface area contributed by atoms with Crippen LogP contribution in [0.5, 0.6) is 5.75 Å². The molecule has 0 aliphatic carbocycles. The lowest BCUT2D eigenvalue weighted by Gasteiger charge is -1.98. The Kier molecular flexibility index (Phi) is 2.29. The molecule has 76 valence electrons. The van der Waals surface area contributed by atoms with Crippen LogP contribution in [0.1, 0.15) is 12.5 Å². The van der Waals surface area contributed by atoms with Crippen molar-refractivity contribution in [3.8, 4) is 5.75 Å². The lowest BCUT2D eigenvalue weighted by Crippen LogP contribution is -1.96. The second-order valence-electron chi connectivity index (χ2n) is 3.30. The van der Waals surface area contributed by atoms with E-state index in [4.69, 9.17) is 4.74 Å². The minimum Gasteiger partial charge on any atom is -0.507 e. The van der Waals surface area contributed by atoms with Crippen LogP contribution in [-0.2, 0) is 9.53 Å². The highest BCUT2D eigenvalue weighted by Crippen LogP contribution is 2.23. The fourth-order valence-corrected chi connectivity index (χ4v) is 1.39. The molecule has 1 aromatic carbocycles. The molecule has 0 aromatic heterocycles. The quantitative estimate of drug-likeness (QED) is 0.561. The van der Waals surface area contributed by atoms with Crippen molar-refractivity contribution in [2.75, 3.05) is 0 Å². The molecular formula is C12H10O3. The van der Waals surface area contributed by atoms with Gasteiger partial charge in [-0.15, -0.1) is 0 Å². The van der Waals surface area contributed by atoms with Crippen molar-refractivity contribution in [3.63, 3.8) is 0 Å². The average molecular weight is 202 g/mol. The Balaban J connectivity index is 2.39. The number of allylic oxidation sites excluding steroid dienone is 1. The maximum absolute atomic E-state index is 11.3. The van der Waals surface area contributed by atoms with E-state index in [1.54, 1.807) is 43.3 Å². The molecule has 1 heterocycles. The molecule has 0 saturated carbocycles. The van der Waals surface area contributed by atoms with Crippen molar-refractivity contribution >= 4 is 12.0 Å². The molecular weight excluding hydrogens is 192 g/mol. The van der Waals surface area contributed by atoms with E-state index in [1.165, 1.54) is 0 Å². The van der Waals surface area contributed by atoms with Crippen molar-refractivity contribution in [2.24, 2.45) is 0 Å². The summed E-state index contributed by atoms with van der Waals surface area (Å²) in [5.41, 5.74) is 1.06. The number of ether oxygens (including phenoxy) is 1. The molecule has 3 nitrogen and oxygen atoms in total. The van der Waals surface area contributed by atoms with Crippen LogP contribution < -0.4 is 0 Å². The zero-order valence-electron chi connectivity index (χ0n) is 8.23. The van der Waals surface area contributed by atoms with E-state index in [0.29, 0.717) is 16.9 Å². The van der Waals surface area contributed by atoms with E-state index in [-0.39, 0.29) is 11.7 Å². The summed E-state index contributed by atoms with van der Waals surface area (Å²) in [5.74, 6) is 0.341. The number of cyclic esters (lactones) is 1. The first kappa shape index (κ1) is 9.52. The second kappa shape index (κ2) is 3.61. The van der Waals surface area contributed by atoms with Gasteiger partial charge in [-0.1, -0.05) is 18.2 Å². The molecule has 0 spiro atoms. The third-order valence-corrected chi connectivity index (χ3v) is 2.10. The topological polar surface area (TPSA) is 46.5 Å². The van der Waals surface area contributed by atoms with Gasteiger partial charge in [-0.05, 0) is 25.1 Å². The third-order valence-electron chi connectivity index (χ3n) is 2.10. The smallest absolute Gasteiger partial charge is 0.343 e. The largest absolute Gasteiger partial charge is 0.507 e. The van der Waals surface area contributed by atoms with Crippen molar-refractivity contribution < 1.29 is 14.6 Å². The number of carbonyl (C=O) groups is 1. The first-order chi connectivity index (χ1) is 7.16. The lowest BCUT2D eigenvalue weighted by atomic mass is 10.1. The van der Waals surface area contributed by atoms with Gasteiger partial charge in [0, 0.05) is 5.56 Å². The van der Waals surface area contributed by atoms with E-state index in [9.17, 15) is 9.90 Å². The number of hydrogen-bond acceptors (Lipinski definition) is 3. The monoisotopic (exact) mass is 202 g/mol. The van der Waals surface area contributed by atoms with Gasteiger partial charge in [-0.2, -0.15) is 0 Å². The van der Waals surface area contributed by atoms with Crippen LogP contribution in [0.4, 0.5) is 0 Å². The number of para-hydroxylation sites is 1. The Bertz CT molecular complexity index is 470. The Morgan fingerprint density at radius 3 is 2.67 bits per heavy atom. The zero-order chi connectivity index (χ0) is 10.8. The molecule has 0 atom stereocenters. The first-order valence-corrected chi connectivity index (χ1v) is 4.57. The summed E-state index contributed by atoms with van der Waals surface area (Å²) >= 11 is 0. The minimum atomic E-state index is -0.379. The SMILES string of the molecule is CC1=CC(=Cc2ccccc2O)C(=O)O1. The van der Waals surface area contributed by atoms with Gasteiger partial charge in [0.15, 0.2) is 0 Å². The third kappa shape index (κ3) is 1.91. The van der Waals surface area contributed by atoms with Crippen LogP contribution in [-0.4, -0.2) is 11.1 Å². The number of hydrogen-bond donors (Lipinski definition) is 1. The van der Waals surface area contributed by atoms with Crippen molar-refractivity contribution in [1.82, 2.24) is 0 Å². The summed E-state index contributed by atoms with van der Waals surface area (Å²) in [5, 5.41) is 9.51. The Labute approximate surface area is 87.3 Å². The van der Waals surface area contributed by atoms with E-state index in [0.717, 1.165) is 0 Å². The van der Waals surface area contributed by atoms with Gasteiger partial charge < -0.3 is 9.84 Å². The molecule has 0 unspecified atom stereocenters. The standard InChI is InChI=1S/C12H10O3/c1-8-6-10(12(14)15-8)7-9-4-2-3-5-11(9)13/h2-7,13H,1H3. The molecule has 1 aliphatic heterocycles. The van der Waals surface area contributed by atoms with Crippen LogP contribution >= 0.6 is 0 Å². The molecule has 0 radical (unpaired) electrons. The van der Waals surface area contributed by atoms with E-state index in [1.807, 2.05) is 0 Å². The van der Waals surface area contributed by atoms with Crippen LogP contribution in [0.2, 0.25) is 0 Å². The zero-order valence-corrected chi connectivity index (χ0v) is 8.23. The highest BCUT2D eigenvalue weighted by Gasteiger charge is 2.17. The first-order valence-electron chi connectivity index (χ1n) is 4.57. The van der Waals surface area contributed by atoms with Gasteiger partial charge in [-0.3, -0.25) is 0 Å². The average Bonchev–Trinajstić information content (AvgIpc) is 2.49. The number of esters is 1. The number of phenols is 1. The number of benzene rings is 1. The predicted molar refractivity (Wildman–Crippen MR) is 55.9 cm³/mol. The molecule has 0 bridgehead atoms. The summed E-state index contributed by atoms with van der Waals surface area (Å²) in [6.45, 7) is 1.71. The maximum Gasteiger partial charge on any atom is 0.343 e. The second-order valence-corrected chi connectivity index (χ2v) is 3.30. The molecule has 2 rings (SSSR count). The summed E-state index contributed by atoms with van der Waals surface area (Å²) in [7, 11) is 0. The summed E-state index contributed by atoms with van der Waals surface area (Å²) in [4.78, 5) is 11.3. The van der Waals surface area contributed by atoms with Gasteiger partial charge >= 0.3 is 5.97 Å².